The number of amides is 10. The predicted molar refractivity (Wildman–Crippen MR) is 368 cm³/mol. The summed E-state index contributed by atoms with van der Waals surface area (Å²) >= 11 is 0. The van der Waals surface area contributed by atoms with Crippen molar-refractivity contribution < 1.29 is 123 Å². The summed E-state index contributed by atoms with van der Waals surface area (Å²) in [6.07, 6.45) is -4.60. The molecule has 35 heteroatoms. The van der Waals surface area contributed by atoms with Crippen LogP contribution < -0.4 is 63.1 Å². The van der Waals surface area contributed by atoms with E-state index in [9.17, 15) is 109 Å². The summed E-state index contributed by atoms with van der Waals surface area (Å²) in [7, 11) is 0. The van der Waals surface area contributed by atoms with E-state index in [4.69, 9.17) is 19.9 Å². The van der Waals surface area contributed by atoms with Gasteiger partial charge in [-0.1, -0.05) is 73.6 Å². The fraction of sp³-hybridized carbons (Fsp3) is 0.594. The molecule has 0 aromatic heterocycles. The Labute approximate surface area is 599 Å². The van der Waals surface area contributed by atoms with Crippen LogP contribution in [0.3, 0.4) is 0 Å². The summed E-state index contributed by atoms with van der Waals surface area (Å²) in [5.74, 6) is -24.3. The number of ketones is 2. The van der Waals surface area contributed by atoms with Gasteiger partial charge in [0.05, 0.1) is 66.8 Å². The number of fused-ring (bicyclic) bond motifs is 14. The van der Waals surface area contributed by atoms with E-state index >= 15 is 0 Å². The molecule has 0 spiro atoms. The number of β-amino-alcohol motifs (C(OH)–C–C–N with tert-alkyl or cyclic N) is 1. The minimum Gasteiger partial charge on any atom is -0.507 e. The lowest BCUT2D eigenvalue weighted by Gasteiger charge is -2.37. The minimum absolute atomic E-state index is 0.0686. The maximum atomic E-state index is 14.8. The van der Waals surface area contributed by atoms with E-state index in [1.54, 1.807) is 19.9 Å². The van der Waals surface area contributed by atoms with Crippen LogP contribution in [-0.2, 0) is 57.5 Å². The van der Waals surface area contributed by atoms with Gasteiger partial charge < -0.3 is 119 Å². The molecule has 1 saturated heterocycles. The van der Waals surface area contributed by atoms with Crippen LogP contribution in [0.15, 0.2) is 42.2 Å². The molecule has 4 heterocycles. The molecule has 104 heavy (non-hydrogen) atoms. The number of phenolic OH excluding ortho intramolecular Hbond substituents is 2. The number of carbonyl (C=O) groups is 12. The number of hydrogen-bond acceptors (Lipinski definition) is 25. The van der Waals surface area contributed by atoms with Crippen molar-refractivity contribution >= 4 is 87.1 Å². The van der Waals surface area contributed by atoms with Crippen molar-refractivity contribution in [3.8, 4) is 23.0 Å². The summed E-state index contributed by atoms with van der Waals surface area (Å²) in [6.45, 7) is 14.5. The molecule has 2 aromatic carbocycles. The number of benzene rings is 2. The topological polar surface area (TPSA) is 569 Å². The van der Waals surface area contributed by atoms with E-state index in [-0.39, 0.29) is 57.7 Å². The zero-order chi connectivity index (χ0) is 78.4. The summed E-state index contributed by atoms with van der Waals surface area (Å²) in [5, 5.41) is 130. The molecule has 4 aliphatic heterocycles. The zero-order valence-electron chi connectivity index (χ0n) is 60.1. The number of rotatable bonds is 15. The molecular weight excluding hydrogens is 1370 g/mol. The summed E-state index contributed by atoms with van der Waals surface area (Å²) in [5.41, 5.74) is 4.48. The van der Waals surface area contributed by atoms with Gasteiger partial charge in [0.15, 0.2) is 24.2 Å². The number of carbonyl (C=O) groups excluding carboxylic acids is 12. The summed E-state index contributed by atoms with van der Waals surface area (Å²) < 4.78 is 18.3. The normalized spacial score (nSPS) is 30.4. The van der Waals surface area contributed by atoms with E-state index in [0.29, 0.717) is 0 Å². The number of primary amides is 1. The van der Waals surface area contributed by atoms with Crippen LogP contribution in [0.5, 0.6) is 23.0 Å². The molecule has 21 N–H and O–H groups in total. The maximum absolute atomic E-state index is 14.8. The van der Waals surface area contributed by atoms with Gasteiger partial charge in [-0.15, -0.1) is 0 Å². The number of nitrogens with two attached hydrogens (primary N) is 1. The molecule has 5 bridgehead atoms. The summed E-state index contributed by atoms with van der Waals surface area (Å²) in [6, 6.07) is -8.15. The van der Waals surface area contributed by atoms with Gasteiger partial charge in [-0.3, -0.25) is 57.5 Å². The Morgan fingerprint density at radius 1 is 0.740 bits per heavy atom. The fourth-order valence-corrected chi connectivity index (χ4v) is 12.0. The molecule has 35 nitrogen and oxygen atoms in total. The first-order chi connectivity index (χ1) is 48.5. The Morgan fingerprint density at radius 2 is 1.38 bits per heavy atom. The van der Waals surface area contributed by atoms with Gasteiger partial charge in [-0.2, -0.15) is 0 Å². The van der Waals surface area contributed by atoms with Crippen molar-refractivity contribution in [1.29, 1.82) is 0 Å². The zero-order valence-corrected chi connectivity index (χ0v) is 60.1. The smallest absolute Gasteiger partial charge is 0.312 e. The third-order valence-electron chi connectivity index (χ3n) is 19.6. The summed E-state index contributed by atoms with van der Waals surface area (Å²) in [4.78, 5) is 164. The third kappa shape index (κ3) is 20.5. The Balaban J connectivity index is 1.44. The number of nitrogens with one attached hydrogen (secondary N) is 9. The third-order valence-corrected chi connectivity index (χ3v) is 19.6. The highest BCUT2D eigenvalue weighted by molar-refractivity contribution is 6.21. The van der Waals surface area contributed by atoms with E-state index < -0.39 is 241 Å². The van der Waals surface area contributed by atoms with E-state index in [0.717, 1.165) is 13.0 Å². The minimum atomic E-state index is -2.54. The SMILES string of the molecule is C/C1=C/C=C/[C@H](C)[C@H](O)[C@@H](C)[C@@H](O)[C@@H](C)C(C)[C@H](C)[C@@H](CO)/C=C/O[C@@]2(C)Oc3c(C)c(O)c4c(O)c(cc(OCC(=O)NC(C)C(C)C(=O)NCC5NC(=O)CNC(=O)C(O)CNC(=O)C(C(C)O)NC(=O)C(C(O)C(O)C(N)=O)NC(=O)C(C(C)C)CC(=O)C(CO)NC5=O)c4c3C2=O)NC1=O. The van der Waals surface area contributed by atoms with Crippen molar-refractivity contribution in [2.45, 2.75) is 169 Å². The number of anilines is 1. The highest BCUT2D eigenvalue weighted by Crippen LogP contribution is 2.54. The first kappa shape index (κ1) is 85.3. The fourth-order valence-electron chi connectivity index (χ4n) is 12.0. The number of allylic oxidation sites excluding steroid dienone is 2. The number of Topliss-reactive ketones (excluding diaryl/α,β-unsaturated/α-hetero) is 2. The highest BCUT2D eigenvalue weighted by Gasteiger charge is 2.50. The standard InChI is InChI=1S/C69H100N10O25/c1-27(2)39-19-43(83)42(25-81)77-65(98)41(75-46(85)23-73-66(99)44(84)22-72-67(100)51(37(12)82)78-68(101)52(79-64(39)97)57(91)58(92)61(70)94)21-71-63(96)33(8)36(11)74-47(86)26-102-45-20-40-56(90)49-48(45)50-59(35(10)55(49)89)104-69(13,60(50)93)103-18-17-38(24-80)31(6)30(5)32(7)54(88)34(9)53(87)28(3)15-14-16-29(4)62(95)76-40/h14-18,20,27-28,30-34,36-39,41-42,44,51-54,57-58,80-82,84,87-92H,19,21-26H2,1-13H3,(H2,70,94)(H,71,96)(H,72,100)(H,73,99)(H,74,86)(H,75,85)(H,76,95)(H,77,98)(H,78,101)(H,79,97)/b15-14+,18-17+,29-16-/t28-,30?,31-,32-,33?,34+,36?,37?,38+,39?,41?,42?,44?,51?,52?,53-,54-,57?,58?,69-/m0/s1. The number of aromatic hydroxyl groups is 2. The average Bonchev–Trinajstić information content (AvgIpc) is 1.51. The lowest BCUT2D eigenvalue weighted by Crippen LogP contribution is -2.63. The Kier molecular flexibility index (Phi) is 30.2. The molecule has 576 valence electrons. The van der Waals surface area contributed by atoms with Crippen molar-refractivity contribution in [3.63, 3.8) is 0 Å². The van der Waals surface area contributed by atoms with Gasteiger partial charge in [-0.05, 0) is 57.4 Å². The molecule has 2 aromatic rings. The monoisotopic (exact) mass is 1470 g/mol. The number of phenols is 2. The molecular formula is C69H100N10O25. The maximum Gasteiger partial charge on any atom is 0.312 e. The quantitative estimate of drug-likeness (QED) is 0.0764. The number of hydrogen-bond donors (Lipinski definition) is 20. The predicted octanol–water partition coefficient (Wildman–Crippen LogP) is -3.66. The molecule has 12 unspecified atom stereocenters. The van der Waals surface area contributed by atoms with Crippen LogP contribution in [0.1, 0.15) is 105 Å². The second-order valence-corrected chi connectivity index (χ2v) is 27.4. The van der Waals surface area contributed by atoms with E-state index in [1.807, 2.05) is 26.1 Å². The Bertz CT molecular complexity index is 3660. The van der Waals surface area contributed by atoms with Gasteiger partial charge in [-0.25, -0.2) is 0 Å². The number of aliphatic hydroxyl groups is 8. The van der Waals surface area contributed by atoms with Crippen LogP contribution in [0.25, 0.3) is 10.8 Å². The van der Waals surface area contributed by atoms with Crippen LogP contribution in [0.4, 0.5) is 5.69 Å². The van der Waals surface area contributed by atoms with Gasteiger partial charge in [0.2, 0.25) is 41.4 Å². The van der Waals surface area contributed by atoms with Crippen LogP contribution in [0.2, 0.25) is 0 Å². The molecule has 0 radical (unpaired) electrons. The Morgan fingerprint density at radius 3 is 1.99 bits per heavy atom. The average molecular weight is 1470 g/mol. The molecule has 0 saturated carbocycles. The van der Waals surface area contributed by atoms with Gasteiger partial charge in [0.1, 0.15) is 53.6 Å². The molecule has 0 aliphatic carbocycles. The van der Waals surface area contributed by atoms with Gasteiger partial charge >= 0.3 is 5.79 Å². The number of aliphatic hydroxyl groups excluding tert-OH is 8. The van der Waals surface area contributed by atoms with Gasteiger partial charge in [0.25, 0.3) is 23.5 Å². The first-order valence-corrected chi connectivity index (χ1v) is 33.9. The second-order valence-electron chi connectivity index (χ2n) is 27.4. The van der Waals surface area contributed by atoms with Gasteiger partial charge in [0, 0.05) is 78.8 Å². The second kappa shape index (κ2) is 36.9. The van der Waals surface area contributed by atoms with Crippen molar-refractivity contribution in [2.24, 2.45) is 59.0 Å². The van der Waals surface area contributed by atoms with Crippen molar-refractivity contribution in [2.75, 3.05) is 44.8 Å². The lowest BCUT2D eigenvalue weighted by atomic mass is 9.72. The first-order valence-electron chi connectivity index (χ1n) is 33.9. The van der Waals surface area contributed by atoms with Crippen LogP contribution in [0, 0.1) is 60.2 Å². The molecule has 4 aliphatic rings. The van der Waals surface area contributed by atoms with Crippen LogP contribution in [-0.4, -0.2) is 234 Å². The van der Waals surface area contributed by atoms with E-state index in [1.165, 1.54) is 73.0 Å². The Hall–Kier alpha value is -9.36. The molecule has 10 amide bonds. The lowest BCUT2D eigenvalue weighted by molar-refractivity contribution is -0.144. The largest absolute Gasteiger partial charge is 0.507 e. The molecule has 1 fully saturated rings. The number of ether oxygens (including phenoxy) is 3. The van der Waals surface area contributed by atoms with Crippen LogP contribution >= 0.6 is 0 Å². The highest BCUT2D eigenvalue weighted by atomic mass is 16.7. The molecule has 20 atom stereocenters. The van der Waals surface area contributed by atoms with E-state index in [2.05, 4.69) is 42.5 Å². The molecule has 6 rings (SSSR count). The van der Waals surface area contributed by atoms with Crippen molar-refractivity contribution in [1.82, 2.24) is 42.5 Å². The van der Waals surface area contributed by atoms with Crippen molar-refractivity contribution in [3.05, 3.63) is 53.3 Å².